The van der Waals surface area contributed by atoms with Crippen LogP contribution in [-0.2, 0) is 6.42 Å². The highest BCUT2D eigenvalue weighted by Gasteiger charge is 2.24. The van der Waals surface area contributed by atoms with Crippen molar-refractivity contribution in [2.45, 2.75) is 13.3 Å². The third-order valence-electron chi connectivity index (χ3n) is 4.94. The summed E-state index contributed by atoms with van der Waals surface area (Å²) in [6, 6.07) is 23.5. The Morgan fingerprint density at radius 3 is 2.72 bits per heavy atom. The third kappa shape index (κ3) is 2.23. The molecule has 3 aromatic carbocycles. The van der Waals surface area contributed by atoms with Crippen molar-refractivity contribution in [2.24, 2.45) is 0 Å². The van der Waals surface area contributed by atoms with Crippen LogP contribution in [0.15, 0.2) is 66.7 Å². The summed E-state index contributed by atoms with van der Waals surface area (Å²) in [6.45, 7) is 3.09. The molecule has 0 saturated heterocycles. The summed E-state index contributed by atoms with van der Waals surface area (Å²) in [5.41, 5.74) is 5.98. The zero-order chi connectivity index (χ0) is 16.8. The molecule has 0 atom stereocenters. The van der Waals surface area contributed by atoms with E-state index in [9.17, 15) is 0 Å². The van der Waals surface area contributed by atoms with E-state index in [1.165, 1.54) is 27.5 Å². The molecule has 5 rings (SSSR count). The molecular formula is C22H19N3. The Balaban J connectivity index is 1.77. The van der Waals surface area contributed by atoms with Crippen LogP contribution in [-0.4, -0.2) is 16.3 Å². The van der Waals surface area contributed by atoms with E-state index >= 15 is 0 Å². The molecule has 0 saturated carbocycles. The predicted octanol–water partition coefficient (Wildman–Crippen LogP) is 4.97. The number of aryl methyl sites for hydroxylation is 1. The lowest BCUT2D eigenvalue weighted by Crippen LogP contribution is -2.04. The van der Waals surface area contributed by atoms with Crippen LogP contribution >= 0.6 is 0 Å². The van der Waals surface area contributed by atoms with E-state index in [0.717, 1.165) is 30.2 Å². The first-order valence-electron chi connectivity index (χ1n) is 8.72. The monoisotopic (exact) mass is 325 g/mol. The molecule has 3 heteroatoms. The number of nitrogens with one attached hydrogen (secondary N) is 1. The van der Waals surface area contributed by atoms with Gasteiger partial charge < -0.3 is 5.32 Å². The molecule has 1 N–H and O–H groups in total. The lowest BCUT2D eigenvalue weighted by molar-refractivity contribution is 0.881. The average Bonchev–Trinajstić information content (AvgIpc) is 3.24. The SMILES string of the molecule is Cc1cccc(-n2nc(-c3cccc4ccccc34)c3c2NCC3)c1. The van der Waals surface area contributed by atoms with Gasteiger partial charge in [0, 0.05) is 17.7 Å². The van der Waals surface area contributed by atoms with E-state index < -0.39 is 0 Å². The van der Waals surface area contributed by atoms with Crippen LogP contribution in [0, 0.1) is 6.92 Å². The Labute approximate surface area is 146 Å². The van der Waals surface area contributed by atoms with E-state index in [1.54, 1.807) is 0 Å². The highest BCUT2D eigenvalue weighted by molar-refractivity contribution is 5.97. The van der Waals surface area contributed by atoms with Crippen LogP contribution in [0.4, 0.5) is 5.82 Å². The number of anilines is 1. The predicted molar refractivity (Wildman–Crippen MR) is 103 cm³/mol. The van der Waals surface area contributed by atoms with Gasteiger partial charge in [0.15, 0.2) is 0 Å². The first-order chi connectivity index (χ1) is 12.3. The molecule has 4 aromatic rings. The molecule has 0 fully saturated rings. The second-order valence-electron chi connectivity index (χ2n) is 6.63. The summed E-state index contributed by atoms with van der Waals surface area (Å²) in [4.78, 5) is 0. The molecule has 25 heavy (non-hydrogen) atoms. The molecule has 0 radical (unpaired) electrons. The molecule has 1 aromatic heterocycles. The quantitative estimate of drug-likeness (QED) is 0.564. The maximum atomic E-state index is 5.02. The lowest BCUT2D eigenvalue weighted by Gasteiger charge is -2.07. The molecule has 0 spiro atoms. The number of nitrogens with zero attached hydrogens (tertiary/aromatic N) is 2. The summed E-state index contributed by atoms with van der Waals surface area (Å²) in [6.07, 6.45) is 1.01. The minimum Gasteiger partial charge on any atom is -0.369 e. The van der Waals surface area contributed by atoms with Crippen LogP contribution in [0.3, 0.4) is 0 Å². The van der Waals surface area contributed by atoms with Gasteiger partial charge >= 0.3 is 0 Å². The summed E-state index contributed by atoms with van der Waals surface area (Å²) >= 11 is 0. The summed E-state index contributed by atoms with van der Waals surface area (Å²) < 4.78 is 2.06. The van der Waals surface area contributed by atoms with Gasteiger partial charge in [-0.2, -0.15) is 5.10 Å². The fourth-order valence-corrected chi connectivity index (χ4v) is 3.77. The number of fused-ring (bicyclic) bond motifs is 2. The van der Waals surface area contributed by atoms with Gasteiger partial charge in [-0.1, -0.05) is 54.6 Å². The average molecular weight is 325 g/mol. The smallest absolute Gasteiger partial charge is 0.133 e. The molecule has 2 heterocycles. The van der Waals surface area contributed by atoms with Gasteiger partial charge in [0.05, 0.1) is 11.4 Å². The molecule has 0 bridgehead atoms. The van der Waals surface area contributed by atoms with Gasteiger partial charge in [-0.25, -0.2) is 4.68 Å². The van der Waals surface area contributed by atoms with Crippen molar-refractivity contribution in [2.75, 3.05) is 11.9 Å². The highest BCUT2D eigenvalue weighted by Crippen LogP contribution is 2.37. The fraction of sp³-hybridized carbons (Fsp3) is 0.136. The second-order valence-corrected chi connectivity index (χ2v) is 6.63. The van der Waals surface area contributed by atoms with Crippen LogP contribution in [0.2, 0.25) is 0 Å². The molecule has 3 nitrogen and oxygen atoms in total. The Kier molecular flexibility index (Phi) is 3.14. The second kappa shape index (κ2) is 5.49. The van der Waals surface area contributed by atoms with Gasteiger partial charge in [-0.05, 0) is 41.8 Å². The van der Waals surface area contributed by atoms with Crippen molar-refractivity contribution in [3.8, 4) is 16.9 Å². The van der Waals surface area contributed by atoms with Gasteiger partial charge in [0.25, 0.3) is 0 Å². The summed E-state index contributed by atoms with van der Waals surface area (Å²) in [5, 5.41) is 11.1. The first-order valence-corrected chi connectivity index (χ1v) is 8.72. The van der Waals surface area contributed by atoms with Crippen molar-refractivity contribution >= 4 is 16.6 Å². The number of rotatable bonds is 2. The zero-order valence-corrected chi connectivity index (χ0v) is 14.2. The maximum Gasteiger partial charge on any atom is 0.133 e. The number of hydrogen-bond donors (Lipinski definition) is 1. The summed E-state index contributed by atoms with van der Waals surface area (Å²) in [7, 11) is 0. The third-order valence-corrected chi connectivity index (χ3v) is 4.94. The molecular weight excluding hydrogens is 306 g/mol. The number of hydrogen-bond acceptors (Lipinski definition) is 2. The van der Waals surface area contributed by atoms with Gasteiger partial charge in [-0.3, -0.25) is 0 Å². The summed E-state index contributed by atoms with van der Waals surface area (Å²) in [5.74, 6) is 1.13. The lowest BCUT2D eigenvalue weighted by atomic mass is 9.99. The van der Waals surface area contributed by atoms with Crippen LogP contribution in [0.1, 0.15) is 11.1 Å². The number of aromatic nitrogens is 2. The van der Waals surface area contributed by atoms with E-state index in [-0.39, 0.29) is 0 Å². The molecule has 1 aliphatic heterocycles. The Bertz CT molecular complexity index is 1090. The fourth-order valence-electron chi connectivity index (χ4n) is 3.77. The first kappa shape index (κ1) is 14.3. The van der Waals surface area contributed by atoms with Crippen LogP contribution < -0.4 is 5.32 Å². The Morgan fingerprint density at radius 1 is 0.960 bits per heavy atom. The zero-order valence-electron chi connectivity index (χ0n) is 14.2. The minimum atomic E-state index is 0.969. The molecule has 0 unspecified atom stereocenters. The maximum absolute atomic E-state index is 5.02. The standard InChI is InChI=1S/C22H19N3/c1-15-6-4-9-17(14-15)25-22-20(12-13-23-22)21(24-25)19-11-5-8-16-7-2-3-10-18(16)19/h2-11,14,23H,12-13H2,1H3. The van der Waals surface area contributed by atoms with Crippen LogP contribution in [0.5, 0.6) is 0 Å². The largest absolute Gasteiger partial charge is 0.369 e. The molecule has 122 valence electrons. The minimum absolute atomic E-state index is 0.969. The van der Waals surface area contributed by atoms with Crippen molar-refractivity contribution < 1.29 is 0 Å². The normalized spacial score (nSPS) is 13.0. The molecule has 0 aliphatic carbocycles. The highest BCUT2D eigenvalue weighted by atomic mass is 15.3. The van der Waals surface area contributed by atoms with Crippen molar-refractivity contribution in [1.29, 1.82) is 0 Å². The number of benzene rings is 3. The van der Waals surface area contributed by atoms with Gasteiger partial charge in [0.1, 0.15) is 5.82 Å². The Morgan fingerprint density at radius 2 is 1.80 bits per heavy atom. The van der Waals surface area contributed by atoms with Gasteiger partial charge in [-0.15, -0.1) is 0 Å². The van der Waals surface area contributed by atoms with E-state index in [0.29, 0.717) is 0 Å². The van der Waals surface area contributed by atoms with Crippen molar-refractivity contribution in [3.05, 3.63) is 77.9 Å². The van der Waals surface area contributed by atoms with Crippen molar-refractivity contribution in [1.82, 2.24) is 9.78 Å². The van der Waals surface area contributed by atoms with Crippen LogP contribution in [0.25, 0.3) is 27.7 Å². The Hall–Kier alpha value is -3.07. The van der Waals surface area contributed by atoms with Gasteiger partial charge in [0.2, 0.25) is 0 Å². The van der Waals surface area contributed by atoms with E-state index in [2.05, 4.69) is 83.7 Å². The van der Waals surface area contributed by atoms with Crippen molar-refractivity contribution in [3.63, 3.8) is 0 Å². The van der Waals surface area contributed by atoms with E-state index in [1.807, 2.05) is 0 Å². The molecule has 1 aliphatic rings. The topological polar surface area (TPSA) is 29.9 Å². The molecule has 0 amide bonds. The van der Waals surface area contributed by atoms with E-state index in [4.69, 9.17) is 5.10 Å².